The van der Waals surface area contributed by atoms with Crippen molar-refractivity contribution in [1.29, 1.82) is 0 Å². The van der Waals surface area contributed by atoms with Crippen LogP contribution in [0.2, 0.25) is 0 Å². The average Bonchev–Trinajstić information content (AvgIpc) is 2.33. The lowest BCUT2D eigenvalue weighted by atomic mass is 9.90. The molecule has 1 atom stereocenters. The summed E-state index contributed by atoms with van der Waals surface area (Å²) in [5.41, 5.74) is 2.82. The molecular formula is C15H23ClN2O. The topological polar surface area (TPSA) is 41.1 Å². The van der Waals surface area contributed by atoms with Crippen LogP contribution >= 0.6 is 12.4 Å². The summed E-state index contributed by atoms with van der Waals surface area (Å²) < 4.78 is 0. The molecule has 1 heterocycles. The van der Waals surface area contributed by atoms with E-state index >= 15 is 0 Å². The average molecular weight is 283 g/mol. The third-order valence-electron chi connectivity index (χ3n) is 3.75. The molecule has 1 fully saturated rings. The van der Waals surface area contributed by atoms with Crippen molar-refractivity contribution < 1.29 is 4.79 Å². The zero-order valence-electron chi connectivity index (χ0n) is 11.9. The molecule has 0 aliphatic carbocycles. The molecule has 106 valence electrons. The first-order valence-corrected chi connectivity index (χ1v) is 6.65. The first-order valence-electron chi connectivity index (χ1n) is 6.65. The largest absolute Gasteiger partial charge is 0.324 e. The highest BCUT2D eigenvalue weighted by atomic mass is 35.5. The molecule has 1 aliphatic heterocycles. The lowest BCUT2D eigenvalue weighted by Gasteiger charge is -2.33. The molecule has 4 heteroatoms. The Hall–Kier alpha value is -1.06. The van der Waals surface area contributed by atoms with Gasteiger partial charge in [0.2, 0.25) is 5.91 Å². The Morgan fingerprint density at radius 2 is 2.05 bits per heavy atom. The summed E-state index contributed by atoms with van der Waals surface area (Å²) in [6.45, 7) is 7.00. The molecule has 0 radical (unpaired) electrons. The van der Waals surface area contributed by atoms with Crippen LogP contribution in [0.1, 0.15) is 37.3 Å². The SMILES string of the molecule is Cc1ccc(NC(=O)C2(C)CCCCN2)c(C)c1.Cl. The zero-order chi connectivity index (χ0) is 13.2. The van der Waals surface area contributed by atoms with Gasteiger partial charge in [0.1, 0.15) is 0 Å². The number of piperidine rings is 1. The van der Waals surface area contributed by atoms with Crippen LogP contribution < -0.4 is 10.6 Å². The van der Waals surface area contributed by atoms with Crippen LogP contribution in [-0.2, 0) is 4.79 Å². The minimum Gasteiger partial charge on any atom is -0.324 e. The van der Waals surface area contributed by atoms with Crippen LogP contribution in [0.25, 0.3) is 0 Å². The minimum atomic E-state index is -0.421. The number of anilines is 1. The van der Waals surface area contributed by atoms with Crippen molar-refractivity contribution in [3.05, 3.63) is 29.3 Å². The summed E-state index contributed by atoms with van der Waals surface area (Å²) >= 11 is 0. The molecule has 1 saturated heterocycles. The van der Waals surface area contributed by atoms with E-state index in [1.165, 1.54) is 5.56 Å². The number of carbonyl (C=O) groups is 1. The molecule has 1 aromatic carbocycles. The van der Waals surface area contributed by atoms with Crippen LogP contribution in [0.4, 0.5) is 5.69 Å². The van der Waals surface area contributed by atoms with Crippen molar-refractivity contribution in [2.45, 2.75) is 45.6 Å². The van der Waals surface area contributed by atoms with Gasteiger partial charge in [0, 0.05) is 5.69 Å². The summed E-state index contributed by atoms with van der Waals surface area (Å²) in [7, 11) is 0. The summed E-state index contributed by atoms with van der Waals surface area (Å²) in [5, 5.41) is 6.38. The number of hydrogen-bond acceptors (Lipinski definition) is 2. The van der Waals surface area contributed by atoms with Gasteiger partial charge in [-0.1, -0.05) is 17.7 Å². The molecule has 2 N–H and O–H groups in total. The highest BCUT2D eigenvalue weighted by Crippen LogP contribution is 2.22. The van der Waals surface area contributed by atoms with Gasteiger partial charge < -0.3 is 10.6 Å². The number of halogens is 1. The van der Waals surface area contributed by atoms with E-state index in [-0.39, 0.29) is 18.3 Å². The number of rotatable bonds is 2. The first kappa shape index (κ1) is 16.0. The number of benzene rings is 1. The molecule has 0 aromatic heterocycles. The Kier molecular flexibility index (Phi) is 5.39. The molecule has 1 amide bonds. The van der Waals surface area contributed by atoms with Gasteiger partial charge in [-0.3, -0.25) is 4.79 Å². The summed E-state index contributed by atoms with van der Waals surface area (Å²) in [6, 6.07) is 6.10. The predicted molar refractivity (Wildman–Crippen MR) is 82.1 cm³/mol. The summed E-state index contributed by atoms with van der Waals surface area (Å²) in [5.74, 6) is 0.0779. The molecule has 1 aromatic rings. The van der Waals surface area contributed by atoms with Crippen molar-refractivity contribution in [3.63, 3.8) is 0 Å². The zero-order valence-corrected chi connectivity index (χ0v) is 12.7. The quantitative estimate of drug-likeness (QED) is 0.875. The number of amides is 1. The van der Waals surface area contributed by atoms with Gasteiger partial charge in [-0.15, -0.1) is 12.4 Å². The molecule has 0 bridgehead atoms. The predicted octanol–water partition coefficient (Wildman–Crippen LogP) is 3.20. The fourth-order valence-corrected chi connectivity index (χ4v) is 2.46. The molecule has 19 heavy (non-hydrogen) atoms. The fraction of sp³-hybridized carbons (Fsp3) is 0.533. The molecule has 1 unspecified atom stereocenters. The van der Waals surface area contributed by atoms with Crippen molar-refractivity contribution in [2.24, 2.45) is 0 Å². The van der Waals surface area contributed by atoms with Crippen LogP contribution in [0, 0.1) is 13.8 Å². The van der Waals surface area contributed by atoms with Crippen LogP contribution in [0.3, 0.4) is 0 Å². The second-order valence-electron chi connectivity index (χ2n) is 5.49. The summed E-state index contributed by atoms with van der Waals surface area (Å²) in [4.78, 5) is 12.4. The molecular weight excluding hydrogens is 260 g/mol. The maximum Gasteiger partial charge on any atom is 0.244 e. The van der Waals surface area contributed by atoms with E-state index < -0.39 is 5.54 Å². The monoisotopic (exact) mass is 282 g/mol. The van der Waals surface area contributed by atoms with Crippen LogP contribution in [0.15, 0.2) is 18.2 Å². The third-order valence-corrected chi connectivity index (χ3v) is 3.75. The Labute approximate surface area is 121 Å². The van der Waals surface area contributed by atoms with Gasteiger partial charge in [0.05, 0.1) is 5.54 Å². The van der Waals surface area contributed by atoms with Crippen molar-refractivity contribution in [1.82, 2.24) is 5.32 Å². The Morgan fingerprint density at radius 1 is 1.32 bits per heavy atom. The van der Waals surface area contributed by atoms with E-state index in [1.54, 1.807) is 0 Å². The van der Waals surface area contributed by atoms with Crippen molar-refractivity contribution >= 4 is 24.0 Å². The molecule has 0 saturated carbocycles. The molecule has 1 aliphatic rings. The highest BCUT2D eigenvalue weighted by molar-refractivity contribution is 5.98. The van der Waals surface area contributed by atoms with Crippen molar-refractivity contribution in [3.8, 4) is 0 Å². The minimum absolute atomic E-state index is 0. The summed E-state index contributed by atoms with van der Waals surface area (Å²) in [6.07, 6.45) is 3.18. The fourth-order valence-electron chi connectivity index (χ4n) is 2.46. The Morgan fingerprint density at radius 3 is 2.63 bits per heavy atom. The van der Waals surface area contributed by atoms with E-state index in [2.05, 4.69) is 23.6 Å². The van der Waals surface area contributed by atoms with E-state index in [1.807, 2.05) is 26.0 Å². The maximum absolute atomic E-state index is 12.4. The smallest absolute Gasteiger partial charge is 0.244 e. The van der Waals surface area contributed by atoms with Gasteiger partial charge in [-0.2, -0.15) is 0 Å². The van der Waals surface area contributed by atoms with Gasteiger partial charge in [-0.05, 0) is 58.2 Å². The number of hydrogen-bond donors (Lipinski definition) is 2. The standard InChI is InChI=1S/C15H22N2O.ClH/c1-11-6-7-13(12(2)10-11)17-14(18)15(3)8-4-5-9-16-15;/h6-7,10,16H,4-5,8-9H2,1-3H3,(H,17,18);1H. The van der Waals surface area contributed by atoms with E-state index in [9.17, 15) is 4.79 Å². The van der Waals surface area contributed by atoms with Gasteiger partial charge in [0.15, 0.2) is 0 Å². The lowest BCUT2D eigenvalue weighted by molar-refractivity contribution is -0.122. The highest BCUT2D eigenvalue weighted by Gasteiger charge is 2.34. The normalized spacial score (nSPS) is 22.5. The van der Waals surface area contributed by atoms with Crippen molar-refractivity contribution in [2.75, 3.05) is 11.9 Å². The molecule has 3 nitrogen and oxygen atoms in total. The third kappa shape index (κ3) is 3.71. The second kappa shape index (κ2) is 6.40. The van der Waals surface area contributed by atoms with Gasteiger partial charge in [0.25, 0.3) is 0 Å². The Bertz CT molecular complexity index is 453. The first-order chi connectivity index (χ1) is 8.51. The lowest BCUT2D eigenvalue weighted by Crippen LogP contribution is -2.54. The van der Waals surface area contributed by atoms with Gasteiger partial charge >= 0.3 is 0 Å². The second-order valence-corrected chi connectivity index (χ2v) is 5.49. The Balaban J connectivity index is 0.00000180. The molecule has 2 rings (SSSR count). The maximum atomic E-state index is 12.4. The van der Waals surface area contributed by atoms with E-state index in [0.29, 0.717) is 0 Å². The van der Waals surface area contributed by atoms with Crippen LogP contribution in [0.5, 0.6) is 0 Å². The number of aryl methyl sites for hydroxylation is 2. The number of carbonyl (C=O) groups excluding carboxylic acids is 1. The number of nitrogens with one attached hydrogen (secondary N) is 2. The van der Waals surface area contributed by atoms with E-state index in [4.69, 9.17) is 0 Å². The van der Waals surface area contributed by atoms with Gasteiger partial charge in [-0.25, -0.2) is 0 Å². The van der Waals surface area contributed by atoms with Crippen LogP contribution in [-0.4, -0.2) is 18.0 Å². The van der Waals surface area contributed by atoms with E-state index in [0.717, 1.165) is 37.1 Å². The molecule has 0 spiro atoms.